The van der Waals surface area contributed by atoms with E-state index in [4.69, 9.17) is 0 Å². The number of para-hydroxylation sites is 1. The van der Waals surface area contributed by atoms with Crippen LogP contribution in [0.15, 0.2) is 29.2 Å². The van der Waals surface area contributed by atoms with Crippen LogP contribution in [0.2, 0.25) is 0 Å². The fraction of sp³-hybridized carbons (Fsp3) is 0.417. The van der Waals surface area contributed by atoms with E-state index in [2.05, 4.69) is 4.74 Å². The number of ketones is 1. The number of carbonyl (C=O) groups is 1. The van der Waals surface area contributed by atoms with Gasteiger partial charge in [-0.05, 0) is 12.1 Å². The zero-order chi connectivity index (χ0) is 15.7. The molecular weight excluding hydrogens is 311 g/mol. The van der Waals surface area contributed by atoms with Gasteiger partial charge in [-0.1, -0.05) is 12.1 Å². The summed E-state index contributed by atoms with van der Waals surface area (Å²) in [5, 5.41) is 0. The standard InChI is InChI=1S/C12H12F3NO4S/c13-12(14,15)20-10-3-1-2-4-11(10)21(18,19)16-7-5-9(17)6-8-16/h1-4H,5-8H2. The zero-order valence-corrected chi connectivity index (χ0v) is 11.6. The van der Waals surface area contributed by atoms with E-state index >= 15 is 0 Å². The van der Waals surface area contributed by atoms with Crippen LogP contribution in [0, 0.1) is 0 Å². The number of ether oxygens (including phenoxy) is 1. The molecule has 1 aliphatic heterocycles. The minimum absolute atomic E-state index is 0.0402. The molecule has 1 aromatic rings. The zero-order valence-electron chi connectivity index (χ0n) is 10.8. The van der Waals surface area contributed by atoms with Crippen LogP contribution >= 0.6 is 0 Å². The predicted octanol–water partition coefficient (Wildman–Crippen LogP) is 1.94. The van der Waals surface area contributed by atoms with Crippen molar-refractivity contribution >= 4 is 15.8 Å². The topological polar surface area (TPSA) is 63.7 Å². The molecular formula is C12H12F3NO4S. The van der Waals surface area contributed by atoms with E-state index in [0.29, 0.717) is 0 Å². The Morgan fingerprint density at radius 2 is 1.67 bits per heavy atom. The third-order valence-corrected chi connectivity index (χ3v) is 4.91. The molecule has 0 spiro atoms. The molecule has 0 radical (unpaired) electrons. The number of nitrogens with zero attached hydrogens (tertiary/aromatic N) is 1. The summed E-state index contributed by atoms with van der Waals surface area (Å²) in [5.41, 5.74) is 0. The number of piperidine rings is 1. The largest absolute Gasteiger partial charge is 0.573 e. The Bertz CT molecular complexity index is 632. The molecule has 0 saturated carbocycles. The third-order valence-electron chi connectivity index (χ3n) is 2.97. The van der Waals surface area contributed by atoms with Crippen LogP contribution < -0.4 is 4.74 Å². The van der Waals surface area contributed by atoms with E-state index in [9.17, 15) is 26.4 Å². The normalized spacial score (nSPS) is 17.8. The molecule has 1 aliphatic rings. The predicted molar refractivity (Wildman–Crippen MR) is 66.1 cm³/mol. The fourth-order valence-electron chi connectivity index (χ4n) is 1.99. The van der Waals surface area contributed by atoms with Gasteiger partial charge in [0.05, 0.1) is 0 Å². The molecule has 0 aromatic heterocycles. The number of hydrogen-bond donors (Lipinski definition) is 0. The summed E-state index contributed by atoms with van der Waals surface area (Å²) in [4.78, 5) is 10.6. The van der Waals surface area contributed by atoms with E-state index < -0.39 is 27.0 Å². The molecule has 1 saturated heterocycles. The minimum atomic E-state index is -4.98. The Morgan fingerprint density at radius 3 is 2.24 bits per heavy atom. The van der Waals surface area contributed by atoms with Crippen molar-refractivity contribution in [3.8, 4) is 5.75 Å². The number of carbonyl (C=O) groups excluding carboxylic acids is 1. The van der Waals surface area contributed by atoms with E-state index in [0.717, 1.165) is 16.4 Å². The fourth-order valence-corrected chi connectivity index (χ4v) is 3.54. The third kappa shape index (κ3) is 3.73. The molecule has 1 aromatic carbocycles. The van der Waals surface area contributed by atoms with Gasteiger partial charge < -0.3 is 4.74 Å². The number of benzene rings is 1. The Hall–Kier alpha value is -1.61. The lowest BCUT2D eigenvalue weighted by Crippen LogP contribution is -2.38. The average molecular weight is 323 g/mol. The Kier molecular flexibility index (Phi) is 4.24. The van der Waals surface area contributed by atoms with Crippen molar-refractivity contribution in [1.82, 2.24) is 4.31 Å². The number of sulfonamides is 1. The van der Waals surface area contributed by atoms with Crippen LogP contribution in [-0.4, -0.2) is 38.0 Å². The van der Waals surface area contributed by atoms with Gasteiger partial charge in [0, 0.05) is 25.9 Å². The van der Waals surface area contributed by atoms with Crippen LogP contribution in [0.1, 0.15) is 12.8 Å². The molecule has 21 heavy (non-hydrogen) atoms. The molecule has 5 nitrogen and oxygen atoms in total. The average Bonchev–Trinajstić information content (AvgIpc) is 2.37. The highest BCUT2D eigenvalue weighted by Gasteiger charge is 2.36. The first-order valence-electron chi connectivity index (χ1n) is 6.07. The van der Waals surface area contributed by atoms with Crippen molar-refractivity contribution in [3.05, 3.63) is 24.3 Å². The lowest BCUT2D eigenvalue weighted by molar-refractivity contribution is -0.275. The maximum Gasteiger partial charge on any atom is 0.573 e. The lowest BCUT2D eigenvalue weighted by Gasteiger charge is -2.26. The summed E-state index contributed by atoms with van der Waals surface area (Å²) in [5.74, 6) is -0.844. The second kappa shape index (κ2) is 5.64. The molecule has 0 bridgehead atoms. The number of halogens is 3. The Morgan fingerprint density at radius 1 is 1.10 bits per heavy atom. The molecule has 0 N–H and O–H groups in total. The smallest absolute Gasteiger partial charge is 0.404 e. The van der Waals surface area contributed by atoms with Crippen LogP contribution in [0.3, 0.4) is 0 Å². The van der Waals surface area contributed by atoms with E-state index in [1.54, 1.807) is 0 Å². The monoisotopic (exact) mass is 323 g/mol. The number of rotatable bonds is 3. The molecule has 0 atom stereocenters. The maximum atomic E-state index is 12.4. The summed E-state index contributed by atoms with van der Waals surface area (Å²) in [6.45, 7) is -0.0803. The van der Waals surface area contributed by atoms with Gasteiger partial charge in [-0.15, -0.1) is 13.2 Å². The first-order chi connectivity index (χ1) is 9.70. The maximum absolute atomic E-state index is 12.4. The first kappa shape index (κ1) is 15.8. The van der Waals surface area contributed by atoms with Gasteiger partial charge >= 0.3 is 6.36 Å². The summed E-state index contributed by atoms with van der Waals surface area (Å²) in [7, 11) is -4.13. The highest BCUT2D eigenvalue weighted by atomic mass is 32.2. The van der Waals surface area contributed by atoms with Gasteiger partial charge in [0.15, 0.2) is 0 Å². The lowest BCUT2D eigenvalue weighted by atomic mass is 10.1. The summed E-state index contributed by atoms with van der Waals surface area (Å²) >= 11 is 0. The van der Waals surface area contributed by atoms with Crippen LogP contribution in [0.4, 0.5) is 13.2 Å². The molecule has 1 fully saturated rings. The molecule has 9 heteroatoms. The second-order valence-corrected chi connectivity index (χ2v) is 6.34. The van der Waals surface area contributed by atoms with Crippen molar-refractivity contribution in [1.29, 1.82) is 0 Å². The van der Waals surface area contributed by atoms with Crippen molar-refractivity contribution in [2.45, 2.75) is 24.1 Å². The van der Waals surface area contributed by atoms with Crippen molar-refractivity contribution in [3.63, 3.8) is 0 Å². The Labute approximate surface area is 119 Å². The first-order valence-corrected chi connectivity index (χ1v) is 7.51. The van der Waals surface area contributed by atoms with Crippen molar-refractivity contribution < 1.29 is 31.1 Å². The number of hydrogen-bond acceptors (Lipinski definition) is 4. The summed E-state index contributed by atoms with van der Waals surface area (Å²) in [6.07, 6.45) is -4.87. The molecule has 0 unspecified atom stereocenters. The van der Waals surface area contributed by atoms with Gasteiger partial charge in [0.25, 0.3) is 0 Å². The minimum Gasteiger partial charge on any atom is -0.404 e. The van der Waals surface area contributed by atoms with E-state index in [1.165, 1.54) is 12.1 Å². The number of Topliss-reactive ketones (excluding diaryl/α,β-unsaturated/α-hetero) is 1. The van der Waals surface area contributed by atoms with Crippen LogP contribution in [-0.2, 0) is 14.8 Å². The molecule has 1 heterocycles. The van der Waals surface area contributed by atoms with Crippen LogP contribution in [0.25, 0.3) is 0 Å². The molecule has 116 valence electrons. The highest BCUT2D eigenvalue weighted by molar-refractivity contribution is 7.89. The van der Waals surface area contributed by atoms with Gasteiger partial charge in [-0.3, -0.25) is 4.79 Å². The SMILES string of the molecule is O=C1CCN(S(=O)(=O)c2ccccc2OC(F)(F)F)CC1. The molecule has 0 aliphatic carbocycles. The second-order valence-electron chi connectivity index (χ2n) is 4.44. The molecule has 2 rings (SSSR count). The van der Waals surface area contributed by atoms with Gasteiger partial charge in [-0.25, -0.2) is 8.42 Å². The van der Waals surface area contributed by atoms with Gasteiger partial charge in [-0.2, -0.15) is 4.31 Å². The highest BCUT2D eigenvalue weighted by Crippen LogP contribution is 2.31. The Balaban J connectivity index is 2.34. The summed E-state index contributed by atoms with van der Waals surface area (Å²) < 4.78 is 66.5. The van der Waals surface area contributed by atoms with Gasteiger partial charge in [0.2, 0.25) is 10.0 Å². The van der Waals surface area contributed by atoms with E-state index in [-0.39, 0.29) is 31.7 Å². The van der Waals surface area contributed by atoms with Gasteiger partial charge in [0.1, 0.15) is 16.4 Å². The number of alkyl halides is 3. The quantitative estimate of drug-likeness (QED) is 0.853. The van der Waals surface area contributed by atoms with Crippen LogP contribution in [0.5, 0.6) is 5.75 Å². The van der Waals surface area contributed by atoms with E-state index in [1.807, 2.05) is 0 Å². The van der Waals surface area contributed by atoms with Crippen molar-refractivity contribution in [2.75, 3.05) is 13.1 Å². The van der Waals surface area contributed by atoms with Crippen molar-refractivity contribution in [2.24, 2.45) is 0 Å². The summed E-state index contributed by atoms with van der Waals surface area (Å²) in [6, 6.07) is 4.55. The molecule has 0 amide bonds.